The second-order valence-electron chi connectivity index (χ2n) is 3.86. The summed E-state index contributed by atoms with van der Waals surface area (Å²) in [5, 5.41) is 8.99. The second-order valence-corrected chi connectivity index (χ2v) is 5.24. The number of aromatic nitrogens is 2. The van der Waals surface area contributed by atoms with E-state index in [0.29, 0.717) is 11.3 Å². The number of hydrogen-bond donors (Lipinski definition) is 0. The zero-order valence-electron chi connectivity index (χ0n) is 11.5. The van der Waals surface area contributed by atoms with E-state index < -0.39 is 17.0 Å². The van der Waals surface area contributed by atoms with Crippen LogP contribution >= 0.6 is 0 Å². The Labute approximate surface area is 127 Å². The Kier molecular flexibility index (Phi) is 5.00. The molecule has 2 rings (SSSR count). The van der Waals surface area contributed by atoms with Crippen molar-refractivity contribution in [1.82, 2.24) is 9.97 Å². The summed E-state index contributed by atoms with van der Waals surface area (Å²) >= 11 is 0. The van der Waals surface area contributed by atoms with Gasteiger partial charge in [-0.3, -0.25) is 4.18 Å². The van der Waals surface area contributed by atoms with Crippen molar-refractivity contribution in [2.24, 2.45) is 0 Å². The molecule has 114 valence electrons. The molecule has 0 aliphatic rings. The number of benzene rings is 1. The van der Waals surface area contributed by atoms with Gasteiger partial charge in [-0.1, -0.05) is 12.1 Å². The molecule has 0 amide bonds. The predicted molar refractivity (Wildman–Crippen MR) is 74.0 cm³/mol. The number of ether oxygens (including phenoxy) is 1. The van der Waals surface area contributed by atoms with Crippen LogP contribution in [0.4, 0.5) is 0 Å². The van der Waals surface area contributed by atoms with Gasteiger partial charge in [0.1, 0.15) is 18.4 Å². The topological polar surface area (TPSA) is 111 Å². The fourth-order valence-electron chi connectivity index (χ4n) is 1.44. The molecule has 0 N–H and O–H groups in total. The van der Waals surface area contributed by atoms with Crippen molar-refractivity contribution in [3.05, 3.63) is 47.9 Å². The highest BCUT2D eigenvalue weighted by atomic mass is 32.3. The van der Waals surface area contributed by atoms with Crippen molar-refractivity contribution >= 4 is 10.4 Å². The fraction of sp³-hybridized carbons (Fsp3) is 0.154. The maximum absolute atomic E-state index is 11.1. The standard InChI is InChI=1S/C13H11N3O5S/c1-19-22(17,18)20-9-12-15-7-6-13(16-12)21-11-5-3-2-4-10(11)8-14/h2-7H,9H2,1H3. The minimum Gasteiger partial charge on any atom is -0.438 e. The summed E-state index contributed by atoms with van der Waals surface area (Å²) in [6, 6.07) is 10.1. The molecule has 1 aromatic carbocycles. The molecule has 0 spiro atoms. The van der Waals surface area contributed by atoms with E-state index in [1.54, 1.807) is 24.3 Å². The van der Waals surface area contributed by atoms with Gasteiger partial charge in [0, 0.05) is 12.3 Å². The van der Waals surface area contributed by atoms with E-state index in [4.69, 9.17) is 10.00 Å². The number of rotatable bonds is 6. The van der Waals surface area contributed by atoms with Crippen LogP contribution in [0.1, 0.15) is 11.4 Å². The molecule has 0 unspecified atom stereocenters. The molecular formula is C13H11N3O5S. The van der Waals surface area contributed by atoms with Crippen LogP contribution in [0.15, 0.2) is 36.5 Å². The van der Waals surface area contributed by atoms with Gasteiger partial charge >= 0.3 is 10.4 Å². The van der Waals surface area contributed by atoms with E-state index in [9.17, 15) is 8.42 Å². The van der Waals surface area contributed by atoms with Gasteiger partial charge in [0.15, 0.2) is 5.82 Å². The molecule has 0 bridgehead atoms. The number of nitriles is 1. The summed E-state index contributed by atoms with van der Waals surface area (Å²) in [7, 11) is -3.08. The minimum absolute atomic E-state index is 0.0903. The molecule has 0 fully saturated rings. The van der Waals surface area contributed by atoms with E-state index >= 15 is 0 Å². The first-order valence-corrected chi connectivity index (χ1v) is 7.31. The predicted octanol–water partition coefficient (Wildman–Crippen LogP) is 1.55. The van der Waals surface area contributed by atoms with E-state index in [1.165, 1.54) is 12.3 Å². The summed E-state index contributed by atoms with van der Waals surface area (Å²) < 4.78 is 36.3. The van der Waals surface area contributed by atoms with Crippen molar-refractivity contribution in [2.75, 3.05) is 7.11 Å². The van der Waals surface area contributed by atoms with Gasteiger partial charge in [0.05, 0.1) is 12.7 Å². The van der Waals surface area contributed by atoms with Crippen LogP contribution in [0.5, 0.6) is 11.6 Å². The van der Waals surface area contributed by atoms with Gasteiger partial charge in [-0.2, -0.15) is 18.7 Å². The minimum atomic E-state index is -4.06. The van der Waals surface area contributed by atoms with Crippen LogP contribution in [0, 0.1) is 11.3 Å². The Morgan fingerprint density at radius 1 is 1.27 bits per heavy atom. The van der Waals surface area contributed by atoms with E-state index in [2.05, 4.69) is 18.3 Å². The molecular weight excluding hydrogens is 310 g/mol. The molecule has 0 saturated heterocycles. The molecule has 0 aliphatic heterocycles. The molecule has 22 heavy (non-hydrogen) atoms. The van der Waals surface area contributed by atoms with Gasteiger partial charge in [0.2, 0.25) is 5.88 Å². The largest absolute Gasteiger partial charge is 0.438 e. The van der Waals surface area contributed by atoms with Crippen molar-refractivity contribution in [1.29, 1.82) is 5.26 Å². The van der Waals surface area contributed by atoms with E-state index in [0.717, 1.165) is 7.11 Å². The number of hydrogen-bond acceptors (Lipinski definition) is 8. The monoisotopic (exact) mass is 321 g/mol. The van der Waals surface area contributed by atoms with Crippen LogP contribution in [0.25, 0.3) is 0 Å². The third-order valence-corrected chi connectivity index (χ3v) is 3.25. The lowest BCUT2D eigenvalue weighted by molar-refractivity contribution is 0.229. The van der Waals surface area contributed by atoms with Crippen LogP contribution < -0.4 is 4.74 Å². The Morgan fingerprint density at radius 3 is 2.77 bits per heavy atom. The average molecular weight is 321 g/mol. The van der Waals surface area contributed by atoms with Gasteiger partial charge < -0.3 is 4.74 Å². The highest BCUT2D eigenvalue weighted by molar-refractivity contribution is 7.81. The zero-order chi connectivity index (χ0) is 16.0. The number of nitrogens with zero attached hydrogens (tertiary/aromatic N) is 3. The van der Waals surface area contributed by atoms with Crippen molar-refractivity contribution in [2.45, 2.75) is 6.61 Å². The number of para-hydroxylation sites is 1. The second kappa shape index (κ2) is 6.95. The first-order chi connectivity index (χ1) is 10.5. The zero-order valence-corrected chi connectivity index (χ0v) is 12.3. The Morgan fingerprint density at radius 2 is 2.05 bits per heavy atom. The molecule has 2 aromatic rings. The van der Waals surface area contributed by atoms with Gasteiger partial charge in [-0.15, -0.1) is 0 Å². The smallest absolute Gasteiger partial charge is 0.400 e. The van der Waals surface area contributed by atoms with Crippen LogP contribution in [0.3, 0.4) is 0 Å². The quantitative estimate of drug-likeness (QED) is 0.787. The van der Waals surface area contributed by atoms with Gasteiger partial charge in [-0.05, 0) is 12.1 Å². The molecule has 0 aliphatic carbocycles. The van der Waals surface area contributed by atoms with Crippen LogP contribution in [-0.2, 0) is 25.4 Å². The van der Waals surface area contributed by atoms with E-state index in [-0.39, 0.29) is 11.7 Å². The molecule has 0 radical (unpaired) electrons. The fourth-order valence-corrected chi connectivity index (χ4v) is 1.79. The lowest BCUT2D eigenvalue weighted by atomic mass is 10.2. The maximum atomic E-state index is 11.1. The van der Waals surface area contributed by atoms with E-state index in [1.807, 2.05) is 6.07 Å². The molecule has 8 nitrogen and oxygen atoms in total. The van der Waals surface area contributed by atoms with Crippen LogP contribution in [-0.4, -0.2) is 25.5 Å². The van der Waals surface area contributed by atoms with Crippen molar-refractivity contribution < 1.29 is 21.5 Å². The summed E-state index contributed by atoms with van der Waals surface area (Å²) in [6.45, 7) is -0.396. The maximum Gasteiger partial charge on any atom is 0.400 e. The third kappa shape index (κ3) is 4.23. The first kappa shape index (κ1) is 15.8. The normalized spacial score (nSPS) is 10.9. The highest BCUT2D eigenvalue weighted by Gasteiger charge is 2.11. The summed E-state index contributed by atoms with van der Waals surface area (Å²) in [5.41, 5.74) is 0.348. The Hall–Kier alpha value is -2.54. The Bertz CT molecular complexity index is 801. The molecule has 0 saturated carbocycles. The van der Waals surface area contributed by atoms with Gasteiger partial charge in [-0.25, -0.2) is 9.17 Å². The van der Waals surface area contributed by atoms with Crippen LogP contribution in [0.2, 0.25) is 0 Å². The Balaban J connectivity index is 2.14. The van der Waals surface area contributed by atoms with Crippen molar-refractivity contribution in [3.63, 3.8) is 0 Å². The lowest BCUT2D eigenvalue weighted by Crippen LogP contribution is -2.09. The molecule has 9 heteroatoms. The molecule has 1 aromatic heterocycles. The van der Waals surface area contributed by atoms with Gasteiger partial charge in [0.25, 0.3) is 0 Å². The highest BCUT2D eigenvalue weighted by Crippen LogP contribution is 2.22. The third-order valence-electron chi connectivity index (χ3n) is 2.44. The summed E-state index contributed by atoms with van der Waals surface area (Å²) in [6.07, 6.45) is 1.38. The first-order valence-electron chi connectivity index (χ1n) is 5.98. The lowest BCUT2D eigenvalue weighted by Gasteiger charge is -2.07. The van der Waals surface area contributed by atoms with Crippen molar-refractivity contribution in [3.8, 4) is 17.7 Å². The molecule has 1 heterocycles. The SMILES string of the molecule is COS(=O)(=O)OCc1nccc(Oc2ccccc2C#N)n1. The average Bonchev–Trinajstić information content (AvgIpc) is 2.54. The molecule has 0 atom stereocenters. The summed E-state index contributed by atoms with van der Waals surface area (Å²) in [4.78, 5) is 7.85. The summed E-state index contributed by atoms with van der Waals surface area (Å²) in [5.74, 6) is 0.582.